The lowest BCUT2D eigenvalue weighted by Gasteiger charge is -2.22. The third-order valence-corrected chi connectivity index (χ3v) is 3.92. The maximum atomic E-state index is 13.1. The molecule has 1 aromatic carbocycles. The first-order valence-corrected chi connectivity index (χ1v) is 7.70. The highest BCUT2D eigenvalue weighted by molar-refractivity contribution is 6.09. The van der Waals surface area contributed by atoms with Gasteiger partial charge >= 0.3 is 6.03 Å². The minimum atomic E-state index is -1.31. The zero-order valence-corrected chi connectivity index (χ0v) is 14.9. The van der Waals surface area contributed by atoms with E-state index in [0.29, 0.717) is 12.1 Å². The van der Waals surface area contributed by atoms with E-state index in [1.807, 2.05) is 7.05 Å². The van der Waals surface area contributed by atoms with Gasteiger partial charge in [0.2, 0.25) is 5.91 Å². The fourth-order valence-electron chi connectivity index (χ4n) is 2.51. The molecule has 1 heterocycles. The number of imide groups is 1. The van der Waals surface area contributed by atoms with Gasteiger partial charge in [-0.2, -0.15) is 0 Å². The number of carbonyl (C=O) groups is 3. The number of hydrogen-bond donors (Lipinski definition) is 3. The number of rotatable bonds is 7. The molecule has 0 radical (unpaired) electrons. The number of nitrogens with one attached hydrogen (secondary N) is 3. The first kappa shape index (κ1) is 20.9. The van der Waals surface area contributed by atoms with Gasteiger partial charge in [0.15, 0.2) is 0 Å². The minimum Gasteiger partial charge on any atom is -0.354 e. The SMILES string of the molecule is CNCCCNC(=O)CN1C(=O)NC(C)(c2ccc(F)cc2)C1=O.Cl. The average molecular weight is 373 g/mol. The van der Waals surface area contributed by atoms with E-state index in [1.165, 1.54) is 31.2 Å². The molecule has 1 unspecified atom stereocenters. The van der Waals surface area contributed by atoms with Crippen LogP contribution in [-0.4, -0.2) is 49.4 Å². The van der Waals surface area contributed by atoms with Crippen molar-refractivity contribution in [3.05, 3.63) is 35.6 Å². The molecule has 3 N–H and O–H groups in total. The second kappa shape index (κ2) is 8.77. The molecule has 1 fully saturated rings. The second-order valence-electron chi connectivity index (χ2n) is 5.76. The van der Waals surface area contributed by atoms with E-state index in [4.69, 9.17) is 0 Å². The van der Waals surface area contributed by atoms with Gasteiger partial charge in [-0.3, -0.25) is 14.5 Å². The number of hydrogen-bond acceptors (Lipinski definition) is 4. The Balaban J connectivity index is 0.00000312. The standard InChI is InChI=1S/C16H21FN4O3.ClH/c1-16(11-4-6-12(17)7-5-11)14(23)21(15(24)20-16)10-13(22)19-9-3-8-18-2;/h4-7,18H,3,8-10H2,1-2H3,(H,19,22)(H,20,24);1H. The number of halogens is 2. The Bertz CT molecular complexity index is 641. The number of benzene rings is 1. The molecule has 1 atom stereocenters. The largest absolute Gasteiger partial charge is 0.354 e. The van der Waals surface area contributed by atoms with Crippen LogP contribution in [-0.2, 0) is 15.1 Å². The van der Waals surface area contributed by atoms with Gasteiger partial charge in [0.1, 0.15) is 17.9 Å². The van der Waals surface area contributed by atoms with Gasteiger partial charge in [-0.25, -0.2) is 9.18 Å². The summed E-state index contributed by atoms with van der Waals surface area (Å²) < 4.78 is 13.1. The van der Waals surface area contributed by atoms with Crippen LogP contribution in [0.25, 0.3) is 0 Å². The molecule has 1 aliphatic heterocycles. The van der Waals surface area contributed by atoms with Crippen LogP contribution in [0.1, 0.15) is 18.9 Å². The molecular formula is C16H22ClFN4O3. The zero-order chi connectivity index (χ0) is 17.7. The van der Waals surface area contributed by atoms with Gasteiger partial charge in [-0.15, -0.1) is 12.4 Å². The summed E-state index contributed by atoms with van der Waals surface area (Å²) in [5, 5.41) is 8.19. The summed E-state index contributed by atoms with van der Waals surface area (Å²) in [5.41, 5.74) is -0.851. The highest BCUT2D eigenvalue weighted by atomic mass is 35.5. The van der Waals surface area contributed by atoms with Crippen molar-refractivity contribution in [3.63, 3.8) is 0 Å². The van der Waals surface area contributed by atoms with Gasteiger partial charge in [-0.1, -0.05) is 12.1 Å². The summed E-state index contributed by atoms with van der Waals surface area (Å²) in [6.45, 7) is 2.40. The summed E-state index contributed by atoms with van der Waals surface area (Å²) >= 11 is 0. The van der Waals surface area contributed by atoms with E-state index in [2.05, 4.69) is 16.0 Å². The average Bonchev–Trinajstić information content (AvgIpc) is 2.76. The molecule has 0 spiro atoms. The Morgan fingerprint density at radius 3 is 2.48 bits per heavy atom. The second-order valence-corrected chi connectivity index (χ2v) is 5.76. The predicted octanol–water partition coefficient (Wildman–Crippen LogP) is 0.740. The van der Waals surface area contributed by atoms with Gasteiger partial charge < -0.3 is 16.0 Å². The van der Waals surface area contributed by atoms with Crippen LogP contribution in [0.4, 0.5) is 9.18 Å². The van der Waals surface area contributed by atoms with Crippen LogP contribution >= 0.6 is 12.4 Å². The van der Waals surface area contributed by atoms with Gasteiger partial charge in [-0.05, 0) is 44.6 Å². The van der Waals surface area contributed by atoms with Crippen LogP contribution in [0.5, 0.6) is 0 Å². The fraction of sp³-hybridized carbons (Fsp3) is 0.438. The molecule has 0 aromatic heterocycles. The van der Waals surface area contributed by atoms with Crippen molar-refractivity contribution < 1.29 is 18.8 Å². The number of carbonyl (C=O) groups excluding carboxylic acids is 3. The maximum Gasteiger partial charge on any atom is 0.325 e. The summed E-state index contributed by atoms with van der Waals surface area (Å²) in [4.78, 5) is 37.4. The van der Waals surface area contributed by atoms with Crippen molar-refractivity contribution in [1.82, 2.24) is 20.9 Å². The van der Waals surface area contributed by atoms with Crippen molar-refractivity contribution in [2.24, 2.45) is 0 Å². The van der Waals surface area contributed by atoms with E-state index in [9.17, 15) is 18.8 Å². The molecule has 9 heteroatoms. The molecule has 1 saturated heterocycles. The summed E-state index contributed by atoms with van der Waals surface area (Å²) in [6.07, 6.45) is 0.746. The molecule has 2 rings (SSSR count). The van der Waals surface area contributed by atoms with Gasteiger partial charge in [0.05, 0.1) is 0 Å². The number of urea groups is 1. The fourth-order valence-corrected chi connectivity index (χ4v) is 2.51. The molecule has 1 aliphatic rings. The van der Waals surface area contributed by atoms with Crippen molar-refractivity contribution in [2.75, 3.05) is 26.7 Å². The summed E-state index contributed by atoms with van der Waals surface area (Å²) in [5.74, 6) is -1.38. The number of amides is 4. The molecule has 4 amide bonds. The van der Waals surface area contributed by atoms with E-state index >= 15 is 0 Å². The molecule has 0 saturated carbocycles. The smallest absolute Gasteiger partial charge is 0.325 e. The third kappa shape index (κ3) is 4.67. The lowest BCUT2D eigenvalue weighted by Crippen LogP contribution is -2.43. The van der Waals surface area contributed by atoms with Crippen LogP contribution in [0.15, 0.2) is 24.3 Å². The van der Waals surface area contributed by atoms with Crippen molar-refractivity contribution in [3.8, 4) is 0 Å². The molecule has 1 aromatic rings. The van der Waals surface area contributed by atoms with Crippen LogP contribution in [0.2, 0.25) is 0 Å². The zero-order valence-electron chi connectivity index (χ0n) is 14.1. The quantitative estimate of drug-likeness (QED) is 0.486. The molecule has 0 bridgehead atoms. The van der Waals surface area contributed by atoms with Crippen LogP contribution < -0.4 is 16.0 Å². The monoisotopic (exact) mass is 372 g/mol. The first-order chi connectivity index (χ1) is 11.4. The third-order valence-electron chi connectivity index (χ3n) is 3.92. The normalized spacial score (nSPS) is 19.4. The highest BCUT2D eigenvalue weighted by Gasteiger charge is 2.49. The predicted molar refractivity (Wildman–Crippen MR) is 92.8 cm³/mol. The van der Waals surface area contributed by atoms with Crippen molar-refractivity contribution in [2.45, 2.75) is 18.9 Å². The summed E-state index contributed by atoms with van der Waals surface area (Å²) in [6, 6.07) is 4.68. The van der Waals surface area contributed by atoms with Crippen LogP contribution in [0, 0.1) is 5.82 Å². The molecule has 25 heavy (non-hydrogen) atoms. The van der Waals surface area contributed by atoms with E-state index in [-0.39, 0.29) is 19.0 Å². The molecule has 0 aliphatic carbocycles. The maximum absolute atomic E-state index is 13.1. The van der Waals surface area contributed by atoms with Gasteiger partial charge in [0, 0.05) is 6.54 Å². The van der Waals surface area contributed by atoms with E-state index < -0.39 is 29.2 Å². The Kier molecular flexibility index (Phi) is 7.32. The topological polar surface area (TPSA) is 90.5 Å². The molecule has 138 valence electrons. The van der Waals surface area contributed by atoms with Gasteiger partial charge in [0.25, 0.3) is 5.91 Å². The lowest BCUT2D eigenvalue weighted by molar-refractivity contribution is -0.134. The Morgan fingerprint density at radius 2 is 1.88 bits per heavy atom. The van der Waals surface area contributed by atoms with E-state index in [0.717, 1.165) is 17.9 Å². The van der Waals surface area contributed by atoms with Crippen molar-refractivity contribution in [1.29, 1.82) is 0 Å². The Hall–Kier alpha value is -2.19. The van der Waals surface area contributed by atoms with Crippen LogP contribution in [0.3, 0.4) is 0 Å². The lowest BCUT2D eigenvalue weighted by atomic mass is 9.92. The molecular weight excluding hydrogens is 351 g/mol. The highest BCUT2D eigenvalue weighted by Crippen LogP contribution is 2.28. The summed E-state index contributed by atoms with van der Waals surface area (Å²) in [7, 11) is 1.81. The Labute approximate surface area is 151 Å². The molecule has 7 nitrogen and oxygen atoms in total. The minimum absolute atomic E-state index is 0. The van der Waals surface area contributed by atoms with E-state index in [1.54, 1.807) is 0 Å². The van der Waals surface area contributed by atoms with Crippen molar-refractivity contribution >= 4 is 30.3 Å². The Morgan fingerprint density at radius 1 is 1.24 bits per heavy atom. The number of nitrogens with zero attached hydrogens (tertiary/aromatic N) is 1. The first-order valence-electron chi connectivity index (χ1n) is 7.70.